The first-order valence-corrected chi connectivity index (χ1v) is 11.3. The van der Waals surface area contributed by atoms with E-state index < -0.39 is 17.6 Å². The molecule has 1 aromatic carbocycles. The molecule has 4 rings (SSSR count). The Labute approximate surface area is 200 Å². The zero-order valence-corrected chi connectivity index (χ0v) is 19.8. The van der Waals surface area contributed by atoms with Crippen molar-refractivity contribution in [1.82, 2.24) is 19.9 Å². The van der Waals surface area contributed by atoms with E-state index in [2.05, 4.69) is 43.9 Å². The number of anilines is 2. The third kappa shape index (κ3) is 5.02. The summed E-state index contributed by atoms with van der Waals surface area (Å²) in [6.45, 7) is 9.12. The van der Waals surface area contributed by atoms with Crippen LogP contribution in [0.5, 0.6) is 0 Å². The fraction of sp³-hybridized carbons (Fsp3) is 0.435. The number of pyridine rings is 1. The van der Waals surface area contributed by atoms with Crippen LogP contribution >= 0.6 is 11.6 Å². The van der Waals surface area contributed by atoms with Gasteiger partial charge in [-0.3, -0.25) is 4.90 Å². The summed E-state index contributed by atoms with van der Waals surface area (Å²) in [5, 5.41) is 3.84. The summed E-state index contributed by atoms with van der Waals surface area (Å²) in [4.78, 5) is 17.7. The number of hydrogen-bond donors (Lipinski definition) is 1. The monoisotopic (exact) mass is 496 g/mol. The summed E-state index contributed by atoms with van der Waals surface area (Å²) >= 11 is 6.49. The Morgan fingerprint density at radius 2 is 1.79 bits per heavy atom. The lowest BCUT2D eigenvalue weighted by molar-refractivity contribution is -0.140. The average molecular weight is 497 g/mol. The van der Waals surface area contributed by atoms with Gasteiger partial charge in [0.05, 0.1) is 16.6 Å². The molecule has 0 amide bonds. The van der Waals surface area contributed by atoms with Crippen molar-refractivity contribution >= 4 is 34.1 Å². The second kappa shape index (κ2) is 9.50. The number of hydrogen-bond acceptors (Lipinski definition) is 6. The van der Waals surface area contributed by atoms with Gasteiger partial charge in [-0.1, -0.05) is 23.7 Å². The quantitative estimate of drug-likeness (QED) is 0.383. The molecule has 1 N–H and O–H groups in total. The molecule has 6 nitrogen and oxygen atoms in total. The molecule has 0 bridgehead atoms. The lowest BCUT2D eigenvalue weighted by Gasteiger charge is -2.38. The highest BCUT2D eigenvalue weighted by molar-refractivity contribution is 6.32. The number of nitrogens with zero attached hydrogens (tertiary/aromatic N) is 5. The van der Waals surface area contributed by atoms with Gasteiger partial charge in [-0.2, -0.15) is 13.2 Å². The van der Waals surface area contributed by atoms with Crippen molar-refractivity contribution in [2.45, 2.75) is 39.5 Å². The largest absolute Gasteiger partial charge is 0.419 e. The van der Waals surface area contributed by atoms with E-state index in [4.69, 9.17) is 11.6 Å². The van der Waals surface area contributed by atoms with Crippen LogP contribution in [-0.4, -0.2) is 52.1 Å². The van der Waals surface area contributed by atoms with E-state index in [0.29, 0.717) is 33.9 Å². The Hall–Kier alpha value is -2.72. The molecule has 0 spiro atoms. The highest BCUT2D eigenvalue weighted by atomic mass is 35.5. The van der Waals surface area contributed by atoms with E-state index in [-0.39, 0.29) is 12.1 Å². The number of alkyl halides is 3. The van der Waals surface area contributed by atoms with Gasteiger partial charge < -0.3 is 10.2 Å². The topological polar surface area (TPSA) is 57.2 Å². The van der Waals surface area contributed by atoms with Gasteiger partial charge in [0, 0.05) is 44.3 Å². The minimum atomic E-state index is -4.77. The van der Waals surface area contributed by atoms with Crippen LogP contribution in [-0.2, 0) is 12.7 Å². The number of aryl methyl sites for hydroxylation is 1. The molecule has 0 atom stereocenters. The maximum Gasteiger partial charge on any atom is 0.419 e. The first-order valence-electron chi connectivity index (χ1n) is 11.0. The fourth-order valence-electron chi connectivity index (χ4n) is 4.08. The molecule has 3 heterocycles. The number of piperazine rings is 1. The summed E-state index contributed by atoms with van der Waals surface area (Å²) in [5.41, 5.74) is -0.328. The summed E-state index contributed by atoms with van der Waals surface area (Å²) in [7, 11) is 0. The van der Waals surface area contributed by atoms with Crippen LogP contribution in [0.15, 0.2) is 24.3 Å². The maximum atomic E-state index is 14.5. The van der Waals surface area contributed by atoms with Gasteiger partial charge in [0.1, 0.15) is 17.5 Å². The standard InChI is InChI=1S/C23H25ClF4N6/c1-13(2)33-7-9-34(10-8-33)18-11-16-21(30-14(3)31-22(16)32-20(18)24)29-12-15-5-4-6-17(19(15)25)23(26,27)28/h4-6,11,13H,7-10,12H2,1-3H3,(H,29,30,31,32). The summed E-state index contributed by atoms with van der Waals surface area (Å²) in [6, 6.07) is 5.50. The summed E-state index contributed by atoms with van der Waals surface area (Å²) < 4.78 is 53.7. The van der Waals surface area contributed by atoms with E-state index in [1.165, 1.54) is 12.1 Å². The van der Waals surface area contributed by atoms with E-state index in [1.807, 2.05) is 6.07 Å². The second-order valence-electron chi connectivity index (χ2n) is 8.54. The molecule has 1 saturated heterocycles. The van der Waals surface area contributed by atoms with Crippen LogP contribution in [0.1, 0.15) is 30.8 Å². The number of nitrogens with one attached hydrogen (secondary N) is 1. The van der Waals surface area contributed by atoms with E-state index in [0.717, 1.165) is 37.9 Å². The number of fused-ring (bicyclic) bond motifs is 1. The number of benzene rings is 1. The first-order chi connectivity index (χ1) is 16.0. The molecule has 182 valence electrons. The van der Waals surface area contributed by atoms with Crippen LogP contribution in [0, 0.1) is 12.7 Å². The van der Waals surface area contributed by atoms with Gasteiger partial charge in [-0.05, 0) is 32.9 Å². The maximum absolute atomic E-state index is 14.5. The minimum Gasteiger partial charge on any atom is -0.366 e. The fourth-order valence-corrected chi connectivity index (χ4v) is 4.34. The summed E-state index contributed by atoms with van der Waals surface area (Å²) in [6.07, 6.45) is -4.77. The zero-order chi connectivity index (χ0) is 24.6. The van der Waals surface area contributed by atoms with E-state index >= 15 is 0 Å². The predicted molar refractivity (Wildman–Crippen MR) is 125 cm³/mol. The summed E-state index contributed by atoms with van der Waals surface area (Å²) in [5.74, 6) is -0.547. The van der Waals surface area contributed by atoms with Crippen LogP contribution < -0.4 is 10.2 Å². The number of rotatable bonds is 5. The highest BCUT2D eigenvalue weighted by Crippen LogP contribution is 2.34. The van der Waals surface area contributed by atoms with Crippen molar-refractivity contribution in [2.75, 3.05) is 36.4 Å². The molecule has 1 aliphatic rings. The molecule has 0 aliphatic carbocycles. The second-order valence-corrected chi connectivity index (χ2v) is 8.89. The lowest BCUT2D eigenvalue weighted by Crippen LogP contribution is -2.49. The first kappa shape index (κ1) is 24.4. The van der Waals surface area contributed by atoms with E-state index in [1.54, 1.807) is 6.92 Å². The molecule has 34 heavy (non-hydrogen) atoms. The van der Waals surface area contributed by atoms with Crippen LogP contribution in [0.25, 0.3) is 11.0 Å². The molecule has 2 aromatic heterocycles. The molecule has 3 aromatic rings. The smallest absolute Gasteiger partial charge is 0.366 e. The van der Waals surface area contributed by atoms with Gasteiger partial charge >= 0.3 is 6.18 Å². The van der Waals surface area contributed by atoms with Gasteiger partial charge in [0.15, 0.2) is 10.8 Å². The van der Waals surface area contributed by atoms with Crippen molar-refractivity contribution in [3.8, 4) is 0 Å². The lowest BCUT2D eigenvalue weighted by atomic mass is 10.1. The third-order valence-corrected chi connectivity index (χ3v) is 6.23. The minimum absolute atomic E-state index is 0.119. The Morgan fingerprint density at radius 3 is 2.44 bits per heavy atom. The Morgan fingerprint density at radius 1 is 1.09 bits per heavy atom. The van der Waals surface area contributed by atoms with Crippen LogP contribution in [0.3, 0.4) is 0 Å². The van der Waals surface area contributed by atoms with Crippen molar-refractivity contribution < 1.29 is 17.6 Å². The van der Waals surface area contributed by atoms with Gasteiger partial charge in [-0.15, -0.1) is 0 Å². The normalized spacial score (nSPS) is 15.4. The molecular formula is C23H25ClF4N6. The number of halogens is 5. The van der Waals surface area contributed by atoms with E-state index in [9.17, 15) is 17.6 Å². The van der Waals surface area contributed by atoms with Crippen molar-refractivity contribution in [1.29, 1.82) is 0 Å². The average Bonchev–Trinajstić information content (AvgIpc) is 2.77. The van der Waals surface area contributed by atoms with Gasteiger partial charge in [0.25, 0.3) is 0 Å². The van der Waals surface area contributed by atoms with Gasteiger partial charge in [0.2, 0.25) is 0 Å². The SMILES string of the molecule is Cc1nc(NCc2cccc(C(F)(F)F)c2F)c2cc(N3CCN(C(C)C)CC3)c(Cl)nc2n1. The van der Waals surface area contributed by atoms with Crippen molar-refractivity contribution in [3.05, 3.63) is 52.2 Å². The predicted octanol–water partition coefficient (Wildman–Crippen LogP) is 5.29. The zero-order valence-electron chi connectivity index (χ0n) is 19.0. The number of aromatic nitrogens is 3. The molecule has 1 aliphatic heterocycles. The van der Waals surface area contributed by atoms with Crippen LogP contribution in [0.2, 0.25) is 5.15 Å². The van der Waals surface area contributed by atoms with Crippen molar-refractivity contribution in [3.63, 3.8) is 0 Å². The van der Waals surface area contributed by atoms with Gasteiger partial charge in [-0.25, -0.2) is 19.3 Å². The van der Waals surface area contributed by atoms with Crippen molar-refractivity contribution in [2.24, 2.45) is 0 Å². The highest BCUT2D eigenvalue weighted by Gasteiger charge is 2.34. The Balaban J connectivity index is 1.64. The third-order valence-electron chi connectivity index (χ3n) is 5.95. The Bertz CT molecular complexity index is 1190. The molecule has 0 saturated carbocycles. The molecule has 0 radical (unpaired) electrons. The molecule has 11 heteroatoms. The molecule has 0 unspecified atom stereocenters. The molecular weight excluding hydrogens is 472 g/mol. The Kier molecular flexibility index (Phi) is 6.82. The van der Waals surface area contributed by atoms with Crippen LogP contribution in [0.4, 0.5) is 29.1 Å². The molecule has 1 fully saturated rings.